The fraction of sp³-hybridized carbons (Fsp3) is 0.189. The first-order valence-corrected chi connectivity index (χ1v) is 14.7. The fourth-order valence-electron chi connectivity index (χ4n) is 8.44. The molecule has 2 aliphatic heterocycles. The number of hydrogen-bond donors (Lipinski definition) is 0. The van der Waals surface area contributed by atoms with Gasteiger partial charge in [-0.2, -0.15) is 0 Å². The summed E-state index contributed by atoms with van der Waals surface area (Å²) >= 11 is 0. The van der Waals surface area contributed by atoms with E-state index in [9.17, 15) is 0 Å². The summed E-state index contributed by atoms with van der Waals surface area (Å²) in [6.45, 7) is 8.39. The molecule has 0 amide bonds. The summed E-state index contributed by atoms with van der Waals surface area (Å²) in [6.07, 6.45) is 3.60. The average Bonchev–Trinajstić information content (AvgIpc) is 3.45. The van der Waals surface area contributed by atoms with Gasteiger partial charge in [-0.1, -0.05) is 118 Å². The van der Waals surface area contributed by atoms with Gasteiger partial charge in [0.1, 0.15) is 0 Å². The van der Waals surface area contributed by atoms with Gasteiger partial charge in [-0.15, -0.1) is 0 Å². The maximum Gasteiger partial charge on any atom is 0.251 e. The minimum atomic E-state index is -0.0411. The largest absolute Gasteiger partial charge is 0.341 e. The molecule has 1 aromatic heterocycles. The van der Waals surface area contributed by atoms with E-state index in [1.54, 1.807) is 0 Å². The van der Waals surface area contributed by atoms with E-state index in [-0.39, 0.29) is 12.1 Å². The summed E-state index contributed by atoms with van der Waals surface area (Å²) in [5.74, 6) is 0.450. The van der Waals surface area contributed by atoms with Gasteiger partial charge < -0.3 is 9.47 Å². The monoisotopic (exact) mass is 514 g/mol. The number of fused-ring (bicyclic) bond motifs is 9. The van der Waals surface area contributed by atoms with Crippen molar-refractivity contribution in [1.82, 2.24) is 4.57 Å². The van der Waals surface area contributed by atoms with Crippen LogP contribution in [0.15, 0.2) is 114 Å². The van der Waals surface area contributed by atoms with Crippen LogP contribution in [0, 0.1) is 5.92 Å². The molecule has 0 saturated carbocycles. The molecule has 0 radical (unpaired) electrons. The van der Waals surface area contributed by atoms with Gasteiger partial charge in [-0.3, -0.25) is 0 Å². The highest BCUT2D eigenvalue weighted by Gasteiger charge is 2.48. The van der Waals surface area contributed by atoms with Gasteiger partial charge in [-0.25, -0.2) is 0 Å². The van der Waals surface area contributed by atoms with E-state index >= 15 is 0 Å². The number of rotatable bonds is 2. The molecule has 40 heavy (non-hydrogen) atoms. The standard InChI is InChI=1S/C37H31BN2/c1-23-20-21-31-33-34(23)39(22-24-12-5-4-6-13-24)30-19-10-9-17-28(30)38(33)29-18-11-15-26-32-36(40(31)35(26)29)25-14-7-8-16-27(25)37(32,2)3/h4-19,21,23H,20,22H2,1-3H3. The zero-order valence-electron chi connectivity index (χ0n) is 23.3. The zero-order chi connectivity index (χ0) is 26.7. The van der Waals surface area contributed by atoms with Crippen LogP contribution in [0.25, 0.3) is 27.9 Å². The highest BCUT2D eigenvalue weighted by Crippen LogP contribution is 2.56. The van der Waals surface area contributed by atoms with Crippen molar-refractivity contribution in [3.63, 3.8) is 0 Å². The molecule has 1 atom stereocenters. The molecule has 3 heterocycles. The van der Waals surface area contributed by atoms with Crippen LogP contribution in [0.3, 0.4) is 0 Å². The van der Waals surface area contributed by atoms with Gasteiger partial charge in [-0.05, 0) is 51.5 Å². The van der Waals surface area contributed by atoms with E-state index in [4.69, 9.17) is 0 Å². The number of anilines is 1. The number of aromatic nitrogens is 1. The lowest BCUT2D eigenvalue weighted by atomic mass is 9.32. The van der Waals surface area contributed by atoms with Gasteiger partial charge in [0.2, 0.25) is 0 Å². The zero-order valence-corrected chi connectivity index (χ0v) is 23.3. The topological polar surface area (TPSA) is 8.17 Å². The van der Waals surface area contributed by atoms with E-state index < -0.39 is 0 Å². The molecule has 192 valence electrons. The first kappa shape index (κ1) is 22.6. The Kier molecular flexibility index (Phi) is 4.34. The van der Waals surface area contributed by atoms with Crippen LogP contribution in [-0.2, 0) is 12.0 Å². The fourth-order valence-corrected chi connectivity index (χ4v) is 8.44. The Morgan fingerprint density at radius 2 is 1.57 bits per heavy atom. The number of nitrogens with zero attached hydrogens (tertiary/aromatic N) is 2. The van der Waals surface area contributed by atoms with Crippen molar-refractivity contribution in [2.24, 2.45) is 5.92 Å². The number of allylic oxidation sites excluding steroid dienone is 4. The average molecular weight is 514 g/mol. The van der Waals surface area contributed by atoms with Crippen molar-refractivity contribution in [3.05, 3.63) is 131 Å². The van der Waals surface area contributed by atoms with Gasteiger partial charge in [0.05, 0.1) is 5.69 Å². The lowest BCUT2D eigenvalue weighted by Crippen LogP contribution is -2.55. The summed E-state index contributed by atoms with van der Waals surface area (Å²) in [5.41, 5.74) is 17.1. The third-order valence-corrected chi connectivity index (χ3v) is 10.0. The SMILES string of the molecule is CC1CC=C2C3=C1N(Cc1ccccc1)c1ccccc1B3c1cccc3c4c(n2c13)-c1ccccc1C4(C)C. The van der Waals surface area contributed by atoms with Crippen molar-refractivity contribution in [2.75, 3.05) is 4.90 Å². The van der Waals surface area contributed by atoms with Crippen LogP contribution in [0.1, 0.15) is 43.9 Å². The quantitative estimate of drug-likeness (QED) is 0.225. The lowest BCUT2D eigenvalue weighted by Gasteiger charge is -2.45. The van der Waals surface area contributed by atoms with Crippen LogP contribution < -0.4 is 15.8 Å². The highest BCUT2D eigenvalue weighted by molar-refractivity contribution is 6.96. The molecule has 0 spiro atoms. The minimum absolute atomic E-state index is 0.0411. The summed E-state index contributed by atoms with van der Waals surface area (Å²) in [4.78, 5) is 2.64. The number of hydrogen-bond acceptors (Lipinski definition) is 1. The minimum Gasteiger partial charge on any atom is -0.341 e. The third kappa shape index (κ3) is 2.66. The summed E-state index contributed by atoms with van der Waals surface area (Å²) in [5, 5.41) is 1.41. The molecule has 0 N–H and O–H groups in total. The molecule has 5 aromatic rings. The van der Waals surface area contributed by atoms with Crippen LogP contribution in [0.5, 0.6) is 0 Å². The molecule has 4 aliphatic rings. The molecule has 2 nitrogen and oxygen atoms in total. The number of para-hydroxylation sites is 2. The highest BCUT2D eigenvalue weighted by atomic mass is 15.2. The van der Waals surface area contributed by atoms with Crippen molar-refractivity contribution in [3.8, 4) is 11.3 Å². The van der Waals surface area contributed by atoms with Crippen LogP contribution >= 0.6 is 0 Å². The van der Waals surface area contributed by atoms with Crippen molar-refractivity contribution < 1.29 is 0 Å². The number of benzene rings is 4. The lowest BCUT2D eigenvalue weighted by molar-refractivity contribution is 0.637. The van der Waals surface area contributed by atoms with Crippen molar-refractivity contribution >= 4 is 39.9 Å². The first-order chi connectivity index (χ1) is 19.6. The first-order valence-electron chi connectivity index (χ1n) is 14.7. The predicted molar refractivity (Wildman–Crippen MR) is 169 cm³/mol. The summed E-state index contributed by atoms with van der Waals surface area (Å²) in [7, 11) is 0. The second-order valence-corrected chi connectivity index (χ2v) is 12.6. The van der Waals surface area contributed by atoms with Crippen LogP contribution in [-0.4, -0.2) is 11.3 Å². The molecule has 9 rings (SSSR count). The summed E-state index contributed by atoms with van der Waals surface area (Å²) in [6, 6.07) is 36.3. The van der Waals surface area contributed by atoms with E-state index in [1.165, 1.54) is 72.3 Å². The van der Waals surface area contributed by atoms with E-state index in [1.807, 2.05) is 0 Å². The molecule has 4 aromatic carbocycles. The Morgan fingerprint density at radius 1 is 0.825 bits per heavy atom. The maximum absolute atomic E-state index is 2.67. The van der Waals surface area contributed by atoms with Crippen LogP contribution in [0.4, 0.5) is 5.69 Å². The molecule has 0 fully saturated rings. The smallest absolute Gasteiger partial charge is 0.251 e. The Labute approximate surface area is 236 Å². The molecule has 2 aliphatic carbocycles. The van der Waals surface area contributed by atoms with Crippen molar-refractivity contribution in [1.29, 1.82) is 0 Å². The third-order valence-electron chi connectivity index (χ3n) is 10.0. The normalized spacial score (nSPS) is 19.3. The molecule has 1 unspecified atom stereocenters. The Bertz CT molecular complexity index is 1960. The maximum atomic E-state index is 2.67. The molecule has 0 bridgehead atoms. The Morgan fingerprint density at radius 3 is 2.45 bits per heavy atom. The molecular weight excluding hydrogens is 483 g/mol. The van der Waals surface area contributed by atoms with E-state index in [0.717, 1.165) is 13.0 Å². The van der Waals surface area contributed by atoms with Crippen LogP contribution in [0.2, 0.25) is 0 Å². The Balaban J connectivity index is 1.40. The second-order valence-electron chi connectivity index (χ2n) is 12.6. The second kappa shape index (κ2) is 7.70. The molecule has 3 heteroatoms. The van der Waals surface area contributed by atoms with E-state index in [2.05, 4.69) is 133 Å². The summed E-state index contributed by atoms with van der Waals surface area (Å²) < 4.78 is 2.67. The predicted octanol–water partition coefficient (Wildman–Crippen LogP) is 7.26. The molecular formula is C37H31BN2. The van der Waals surface area contributed by atoms with Gasteiger partial charge >= 0.3 is 0 Å². The molecule has 0 saturated heterocycles. The van der Waals surface area contributed by atoms with E-state index in [0.29, 0.717) is 5.92 Å². The van der Waals surface area contributed by atoms with Crippen molar-refractivity contribution in [2.45, 2.75) is 39.2 Å². The van der Waals surface area contributed by atoms with Gasteiger partial charge in [0.15, 0.2) is 0 Å². The van der Waals surface area contributed by atoms with Gasteiger partial charge in [0, 0.05) is 45.5 Å². The Hall–Kier alpha value is -4.24. The van der Waals surface area contributed by atoms with Gasteiger partial charge in [0.25, 0.3) is 6.71 Å².